The largest absolute Gasteiger partial charge is 0.493 e. The van der Waals surface area contributed by atoms with E-state index in [2.05, 4.69) is 95.5 Å². The molecule has 1 unspecified atom stereocenters. The van der Waals surface area contributed by atoms with Crippen molar-refractivity contribution in [1.82, 2.24) is 10.6 Å². The summed E-state index contributed by atoms with van der Waals surface area (Å²) >= 11 is 0. The van der Waals surface area contributed by atoms with Crippen molar-refractivity contribution < 1.29 is 9.53 Å². The molecular weight excluding hydrogens is 528 g/mol. The Morgan fingerprint density at radius 1 is 0.860 bits per heavy atom. The van der Waals surface area contributed by atoms with Crippen LogP contribution in [0.2, 0.25) is 0 Å². The first kappa shape index (κ1) is 43.2. The van der Waals surface area contributed by atoms with Crippen molar-refractivity contribution in [2.75, 3.05) is 26.7 Å². The first-order valence-electron chi connectivity index (χ1n) is 17.8. The smallest absolute Gasteiger partial charge is 0.122 e. The molecule has 1 aromatic rings. The number of aryl methyl sites for hydroxylation is 1. The highest BCUT2D eigenvalue weighted by atomic mass is 16.5. The van der Waals surface area contributed by atoms with Gasteiger partial charge in [-0.05, 0) is 69.3 Å². The molecule has 1 aromatic carbocycles. The summed E-state index contributed by atoms with van der Waals surface area (Å²) in [5.41, 5.74) is 3.87. The Hall–Kier alpha value is -1.91. The Morgan fingerprint density at radius 2 is 1.47 bits per heavy atom. The summed E-state index contributed by atoms with van der Waals surface area (Å²) in [4.78, 5) is 9.94. The minimum Gasteiger partial charge on any atom is -0.493 e. The fourth-order valence-electron chi connectivity index (χ4n) is 4.63. The van der Waals surface area contributed by atoms with Crippen LogP contribution < -0.4 is 15.4 Å². The molecule has 0 heterocycles. The highest BCUT2D eigenvalue weighted by molar-refractivity contribution is 5.48. The zero-order valence-corrected chi connectivity index (χ0v) is 29.9. The highest BCUT2D eigenvalue weighted by Gasteiger charge is 2.09. The number of hydrogen-bond donors (Lipinski definition) is 2. The zero-order chi connectivity index (χ0) is 32.4. The van der Waals surface area contributed by atoms with Gasteiger partial charge in [0.1, 0.15) is 12.0 Å². The number of benzene rings is 1. The van der Waals surface area contributed by atoms with Gasteiger partial charge < -0.3 is 20.2 Å². The molecule has 0 aliphatic rings. The molecule has 4 nitrogen and oxygen atoms in total. The van der Waals surface area contributed by atoms with Gasteiger partial charge in [-0.2, -0.15) is 0 Å². The Morgan fingerprint density at radius 3 is 2.00 bits per heavy atom. The predicted octanol–water partition coefficient (Wildman–Crippen LogP) is 10.7. The predicted molar refractivity (Wildman–Crippen MR) is 193 cm³/mol. The van der Waals surface area contributed by atoms with E-state index in [1.165, 1.54) is 87.3 Å². The van der Waals surface area contributed by atoms with Crippen LogP contribution in [0.15, 0.2) is 42.0 Å². The summed E-state index contributed by atoms with van der Waals surface area (Å²) < 4.78 is 5.86. The maximum atomic E-state index is 9.94. The third-order valence-corrected chi connectivity index (χ3v) is 7.30. The quantitative estimate of drug-likeness (QED) is 0.0704. The van der Waals surface area contributed by atoms with Crippen LogP contribution >= 0.6 is 0 Å². The van der Waals surface area contributed by atoms with Crippen LogP contribution in [0, 0.1) is 6.92 Å². The van der Waals surface area contributed by atoms with Crippen molar-refractivity contribution >= 4 is 6.29 Å². The third-order valence-electron chi connectivity index (χ3n) is 7.30. The molecule has 4 heteroatoms. The van der Waals surface area contributed by atoms with Crippen LogP contribution in [0.25, 0.3) is 0 Å². The van der Waals surface area contributed by atoms with Gasteiger partial charge in [-0.25, -0.2) is 0 Å². The standard InChI is InChI=1S/C22H36N2O.C10H20O.C7H16/c1-6-9-19(10-7-2)16-24-17-21(23-5)14-20-12-11-18(4)22(15-20)25-13-8-3;1-2-3-4-5-6-7-8-9-10-11;1-3-5-7-6-4-2/h6,9-12,15,21,23-24H,7-8,13-14,16-17H2,1-5H3;10H,2-9H2,1H3;3-7H2,1-2H3/b9-6-,19-10+;;. The summed E-state index contributed by atoms with van der Waals surface area (Å²) in [5.74, 6) is 1.02. The van der Waals surface area contributed by atoms with Crippen molar-refractivity contribution in [1.29, 1.82) is 0 Å². The average molecular weight is 601 g/mol. The third kappa shape index (κ3) is 28.6. The summed E-state index contributed by atoms with van der Waals surface area (Å²) in [7, 11) is 2.03. The highest BCUT2D eigenvalue weighted by Crippen LogP contribution is 2.20. The van der Waals surface area contributed by atoms with Gasteiger partial charge in [0.2, 0.25) is 0 Å². The minimum absolute atomic E-state index is 0.398. The molecule has 0 aromatic heterocycles. The van der Waals surface area contributed by atoms with E-state index >= 15 is 0 Å². The van der Waals surface area contributed by atoms with Gasteiger partial charge in [0.05, 0.1) is 6.61 Å². The number of carbonyl (C=O) groups is 1. The van der Waals surface area contributed by atoms with Crippen molar-refractivity contribution in [3.05, 3.63) is 53.1 Å². The lowest BCUT2D eigenvalue weighted by Gasteiger charge is -2.18. The van der Waals surface area contributed by atoms with E-state index in [4.69, 9.17) is 4.74 Å². The van der Waals surface area contributed by atoms with Crippen LogP contribution in [0.1, 0.15) is 149 Å². The summed E-state index contributed by atoms with van der Waals surface area (Å²) in [6, 6.07) is 6.96. The van der Waals surface area contributed by atoms with E-state index < -0.39 is 0 Å². The molecule has 1 rings (SSSR count). The number of ether oxygens (including phenoxy) is 1. The van der Waals surface area contributed by atoms with Crippen molar-refractivity contribution in [3.63, 3.8) is 0 Å². The van der Waals surface area contributed by atoms with Gasteiger partial charge in [0, 0.05) is 25.6 Å². The second kappa shape index (κ2) is 34.6. The molecule has 0 saturated heterocycles. The van der Waals surface area contributed by atoms with Gasteiger partial charge in [-0.3, -0.25) is 0 Å². The molecule has 1 atom stereocenters. The number of nitrogens with one attached hydrogen (secondary N) is 2. The number of likely N-dealkylation sites (N-methyl/N-ethyl adjacent to an activating group) is 1. The molecule has 0 radical (unpaired) electrons. The van der Waals surface area contributed by atoms with E-state index in [1.54, 1.807) is 0 Å². The fourth-order valence-corrected chi connectivity index (χ4v) is 4.63. The van der Waals surface area contributed by atoms with Gasteiger partial charge >= 0.3 is 0 Å². The lowest BCUT2D eigenvalue weighted by atomic mass is 10.0. The fraction of sp³-hybridized carbons (Fsp3) is 0.718. The number of hydrogen-bond acceptors (Lipinski definition) is 4. The van der Waals surface area contributed by atoms with E-state index in [9.17, 15) is 4.79 Å². The second-order valence-electron chi connectivity index (χ2n) is 11.6. The van der Waals surface area contributed by atoms with Gasteiger partial charge in [-0.1, -0.05) is 136 Å². The Balaban J connectivity index is 0. The molecule has 0 aliphatic carbocycles. The van der Waals surface area contributed by atoms with E-state index in [0.29, 0.717) is 6.04 Å². The lowest BCUT2D eigenvalue weighted by Crippen LogP contribution is -2.38. The summed E-state index contributed by atoms with van der Waals surface area (Å²) in [6.45, 7) is 17.8. The van der Waals surface area contributed by atoms with Gasteiger partial charge in [-0.15, -0.1) is 0 Å². The maximum Gasteiger partial charge on any atom is 0.122 e. The van der Waals surface area contributed by atoms with Crippen molar-refractivity contribution in [2.24, 2.45) is 0 Å². The first-order valence-corrected chi connectivity index (χ1v) is 17.8. The van der Waals surface area contributed by atoms with Crippen LogP contribution in [0.4, 0.5) is 0 Å². The maximum absolute atomic E-state index is 9.94. The minimum atomic E-state index is 0.398. The second-order valence-corrected chi connectivity index (χ2v) is 11.6. The molecule has 2 N–H and O–H groups in total. The number of rotatable bonds is 24. The topological polar surface area (TPSA) is 50.4 Å². The van der Waals surface area contributed by atoms with E-state index in [0.717, 1.165) is 63.8 Å². The van der Waals surface area contributed by atoms with E-state index in [1.807, 2.05) is 7.05 Å². The molecule has 250 valence electrons. The monoisotopic (exact) mass is 601 g/mol. The molecule has 0 aliphatic heterocycles. The van der Waals surface area contributed by atoms with Gasteiger partial charge in [0.25, 0.3) is 0 Å². The van der Waals surface area contributed by atoms with Crippen molar-refractivity contribution in [2.45, 2.75) is 157 Å². The number of allylic oxidation sites excluding steroid dienone is 2. The Bertz CT molecular complexity index is 783. The molecule has 0 bridgehead atoms. The average Bonchev–Trinajstić information content (AvgIpc) is 3.01. The Kier molecular flexibility index (Phi) is 34.8. The lowest BCUT2D eigenvalue weighted by molar-refractivity contribution is -0.107. The van der Waals surface area contributed by atoms with Crippen LogP contribution in [0.3, 0.4) is 0 Å². The van der Waals surface area contributed by atoms with Gasteiger partial charge in [0.15, 0.2) is 0 Å². The van der Waals surface area contributed by atoms with Crippen LogP contribution in [0.5, 0.6) is 5.75 Å². The van der Waals surface area contributed by atoms with Crippen LogP contribution in [-0.2, 0) is 11.2 Å². The molecule has 0 spiro atoms. The first-order chi connectivity index (χ1) is 21.0. The molecular formula is C39H72N2O2. The SMILES string of the molecule is C/C=C\C(=C/CC)CNCC(Cc1ccc(C)c(OCCC)c1)NC.CCCCCCC.CCCCCCCCCC=O. The molecule has 0 fully saturated rings. The number of aldehydes is 1. The summed E-state index contributed by atoms with van der Waals surface area (Å²) in [5, 5.41) is 7.00. The molecule has 0 saturated carbocycles. The van der Waals surface area contributed by atoms with Crippen molar-refractivity contribution in [3.8, 4) is 5.75 Å². The van der Waals surface area contributed by atoms with Crippen LogP contribution in [-0.4, -0.2) is 39.1 Å². The normalized spacial score (nSPS) is 11.9. The number of carbonyl (C=O) groups excluding carboxylic acids is 1. The number of unbranched alkanes of at least 4 members (excludes halogenated alkanes) is 11. The molecule has 43 heavy (non-hydrogen) atoms. The Labute approximate surface area is 268 Å². The summed E-state index contributed by atoms with van der Waals surface area (Å²) in [6.07, 6.45) is 27.5. The zero-order valence-electron chi connectivity index (χ0n) is 29.9. The molecule has 0 amide bonds. The van der Waals surface area contributed by atoms with E-state index in [-0.39, 0.29) is 0 Å².